The highest BCUT2D eigenvalue weighted by atomic mass is 19.4. The van der Waals surface area contributed by atoms with Gasteiger partial charge in [0.1, 0.15) is 12.1 Å². The number of carbonyl (C=O) groups excluding carboxylic acids is 3. The third-order valence-corrected chi connectivity index (χ3v) is 8.18. The van der Waals surface area contributed by atoms with Crippen LogP contribution in [0, 0.1) is 11.8 Å². The Morgan fingerprint density at radius 1 is 0.605 bits per heavy atom. The van der Waals surface area contributed by atoms with Crippen molar-refractivity contribution >= 4 is 17.8 Å². The smallest absolute Gasteiger partial charge is 0.463 e. The molecule has 0 heterocycles. The lowest BCUT2D eigenvalue weighted by Crippen LogP contribution is -2.60. The van der Waals surface area contributed by atoms with Crippen molar-refractivity contribution in [1.82, 2.24) is 10.6 Å². The first-order valence-electron chi connectivity index (χ1n) is 16.5. The van der Waals surface area contributed by atoms with Gasteiger partial charge in [-0.25, -0.2) is 4.79 Å². The van der Waals surface area contributed by atoms with Gasteiger partial charge < -0.3 is 15.4 Å². The van der Waals surface area contributed by atoms with Crippen LogP contribution in [0.5, 0.6) is 0 Å². The number of unbranched alkanes of at least 4 members (excludes halogenated alkanes) is 14. The maximum absolute atomic E-state index is 13.5. The second-order valence-corrected chi connectivity index (χ2v) is 11.9. The van der Waals surface area contributed by atoms with Gasteiger partial charge in [0.15, 0.2) is 0 Å². The first kappa shape index (κ1) is 41.1. The summed E-state index contributed by atoms with van der Waals surface area (Å²) in [5, 5.41) is 3.97. The lowest BCUT2D eigenvalue weighted by Gasteiger charge is -2.29. The quantitative estimate of drug-likeness (QED) is 0.0602. The highest BCUT2D eigenvalue weighted by Crippen LogP contribution is 2.35. The van der Waals surface area contributed by atoms with E-state index in [4.69, 9.17) is 4.74 Å². The van der Waals surface area contributed by atoms with E-state index in [9.17, 15) is 36.3 Å². The van der Waals surface area contributed by atoms with Crippen LogP contribution >= 0.6 is 0 Å². The molecule has 0 fully saturated rings. The molecule has 0 saturated carbocycles. The Hall–Kier alpha value is -1.94. The van der Waals surface area contributed by atoms with Crippen LogP contribution in [0.1, 0.15) is 144 Å². The molecule has 0 aliphatic rings. The summed E-state index contributed by atoms with van der Waals surface area (Å²) < 4.78 is 70.4. The van der Waals surface area contributed by atoms with Crippen LogP contribution in [0.25, 0.3) is 0 Å². The van der Waals surface area contributed by atoms with Gasteiger partial charge in [0, 0.05) is 0 Å². The van der Waals surface area contributed by atoms with Crippen molar-refractivity contribution in [3.63, 3.8) is 0 Å². The maximum Gasteiger partial charge on any atom is 0.463 e. The standard InChI is InChI=1S/C32H57F5N2O4/c1-6-9-10-11-12-13-14-15-16-17-18-19-20-21-22-23-43-29(41)27(25(5)8-3)38-28(40)26(24(4)7-2)39-30(42)31(33,34)32(35,36)37/h24-27H,6-23H2,1-5H3,(H,38,40)(H,39,42). The third-order valence-electron chi connectivity index (χ3n) is 8.18. The Balaban J connectivity index is 4.57. The van der Waals surface area contributed by atoms with Crippen molar-refractivity contribution in [3.8, 4) is 0 Å². The minimum Gasteiger partial charge on any atom is -0.464 e. The van der Waals surface area contributed by atoms with Gasteiger partial charge in [0.2, 0.25) is 5.91 Å². The van der Waals surface area contributed by atoms with E-state index in [1.54, 1.807) is 26.1 Å². The number of alkyl halides is 5. The van der Waals surface area contributed by atoms with Crippen LogP contribution in [0.4, 0.5) is 22.0 Å². The largest absolute Gasteiger partial charge is 0.464 e. The second-order valence-electron chi connectivity index (χ2n) is 11.9. The third kappa shape index (κ3) is 16.6. The number of carbonyl (C=O) groups is 3. The number of rotatable bonds is 25. The average molecular weight is 629 g/mol. The van der Waals surface area contributed by atoms with Crippen molar-refractivity contribution < 1.29 is 41.1 Å². The van der Waals surface area contributed by atoms with Crippen LogP contribution in [-0.2, 0) is 19.1 Å². The highest BCUT2D eigenvalue weighted by Gasteiger charge is 2.64. The number of esters is 1. The van der Waals surface area contributed by atoms with Crippen molar-refractivity contribution in [2.24, 2.45) is 11.8 Å². The van der Waals surface area contributed by atoms with Crippen LogP contribution in [0.15, 0.2) is 0 Å². The minimum atomic E-state index is -6.11. The Morgan fingerprint density at radius 3 is 1.40 bits per heavy atom. The van der Waals surface area contributed by atoms with E-state index in [2.05, 4.69) is 12.2 Å². The molecule has 0 saturated heterocycles. The molecular formula is C32H57F5N2O4. The topological polar surface area (TPSA) is 84.5 Å². The van der Waals surface area contributed by atoms with E-state index in [-0.39, 0.29) is 13.0 Å². The fourth-order valence-corrected chi connectivity index (χ4v) is 4.71. The van der Waals surface area contributed by atoms with Crippen molar-refractivity contribution in [2.75, 3.05) is 6.61 Å². The monoisotopic (exact) mass is 628 g/mol. The molecule has 254 valence electrons. The van der Waals surface area contributed by atoms with Gasteiger partial charge in [-0.3, -0.25) is 9.59 Å². The second kappa shape index (κ2) is 22.6. The maximum atomic E-state index is 13.5. The molecule has 0 aliphatic carbocycles. The zero-order chi connectivity index (χ0) is 32.9. The fraction of sp³-hybridized carbons (Fsp3) is 0.906. The van der Waals surface area contributed by atoms with Crippen LogP contribution in [0.3, 0.4) is 0 Å². The Labute approximate surface area is 256 Å². The lowest BCUT2D eigenvalue weighted by molar-refractivity contribution is -0.270. The van der Waals surface area contributed by atoms with Gasteiger partial charge in [0.05, 0.1) is 6.61 Å². The van der Waals surface area contributed by atoms with Gasteiger partial charge in [-0.1, -0.05) is 137 Å². The Bertz CT molecular complexity index is 779. The number of halogens is 5. The first-order chi connectivity index (χ1) is 20.2. The number of hydrogen-bond donors (Lipinski definition) is 2. The fourth-order valence-electron chi connectivity index (χ4n) is 4.71. The molecule has 2 amide bonds. The van der Waals surface area contributed by atoms with E-state index in [1.165, 1.54) is 77.6 Å². The molecule has 2 N–H and O–H groups in total. The summed E-state index contributed by atoms with van der Waals surface area (Å²) in [6, 6.07) is -2.83. The molecule has 0 aromatic rings. The molecule has 0 spiro atoms. The summed E-state index contributed by atoms with van der Waals surface area (Å²) in [5.74, 6) is -11.2. The lowest BCUT2D eigenvalue weighted by atomic mass is 9.95. The van der Waals surface area contributed by atoms with Crippen LogP contribution in [0.2, 0.25) is 0 Å². The Morgan fingerprint density at radius 2 is 1.00 bits per heavy atom. The highest BCUT2D eigenvalue weighted by molar-refractivity contribution is 5.93. The summed E-state index contributed by atoms with van der Waals surface area (Å²) in [5.41, 5.74) is 0. The minimum absolute atomic E-state index is 0.156. The molecular weight excluding hydrogens is 571 g/mol. The van der Waals surface area contributed by atoms with Gasteiger partial charge in [0.25, 0.3) is 0 Å². The SMILES string of the molecule is CCCCCCCCCCCCCCCCCOC(=O)C(NC(=O)C(NC(=O)C(F)(F)C(F)(F)F)C(C)CC)C(C)CC. The predicted octanol–water partition coefficient (Wildman–Crippen LogP) is 8.66. The van der Waals surface area contributed by atoms with E-state index in [1.807, 2.05) is 0 Å². The Kier molecular flexibility index (Phi) is 21.5. The van der Waals surface area contributed by atoms with E-state index < -0.39 is 53.8 Å². The summed E-state index contributed by atoms with van der Waals surface area (Å²) in [7, 11) is 0. The van der Waals surface area contributed by atoms with E-state index in [0.717, 1.165) is 19.3 Å². The molecule has 0 bridgehead atoms. The molecule has 4 atom stereocenters. The number of ether oxygens (including phenoxy) is 1. The normalized spacial score (nSPS) is 14.9. The molecule has 0 rings (SSSR count). The predicted molar refractivity (Wildman–Crippen MR) is 160 cm³/mol. The first-order valence-corrected chi connectivity index (χ1v) is 16.5. The molecule has 43 heavy (non-hydrogen) atoms. The van der Waals surface area contributed by atoms with Gasteiger partial charge in [-0.05, 0) is 18.3 Å². The average Bonchev–Trinajstić information content (AvgIpc) is 2.96. The van der Waals surface area contributed by atoms with Crippen molar-refractivity contribution in [1.29, 1.82) is 0 Å². The summed E-state index contributed by atoms with van der Waals surface area (Å²) in [4.78, 5) is 37.5. The number of hydrogen-bond acceptors (Lipinski definition) is 4. The van der Waals surface area contributed by atoms with Crippen LogP contribution in [-0.4, -0.2) is 48.6 Å². The van der Waals surface area contributed by atoms with E-state index in [0.29, 0.717) is 12.8 Å². The van der Waals surface area contributed by atoms with Crippen molar-refractivity contribution in [2.45, 2.75) is 168 Å². The van der Waals surface area contributed by atoms with Crippen molar-refractivity contribution in [3.05, 3.63) is 0 Å². The summed E-state index contributed by atoms with van der Waals surface area (Å²) >= 11 is 0. The zero-order valence-electron chi connectivity index (χ0n) is 27.1. The number of nitrogens with one attached hydrogen (secondary N) is 2. The van der Waals surface area contributed by atoms with Gasteiger partial charge in [-0.15, -0.1) is 0 Å². The molecule has 0 aliphatic heterocycles. The molecule has 4 unspecified atom stereocenters. The molecule has 0 aromatic heterocycles. The molecule has 6 nitrogen and oxygen atoms in total. The van der Waals surface area contributed by atoms with Crippen LogP contribution < -0.4 is 10.6 Å². The summed E-state index contributed by atoms with van der Waals surface area (Å²) in [6.45, 7) is 8.88. The number of amides is 2. The van der Waals surface area contributed by atoms with E-state index >= 15 is 0 Å². The zero-order valence-corrected chi connectivity index (χ0v) is 27.1. The molecule has 11 heteroatoms. The van der Waals surface area contributed by atoms with Gasteiger partial charge in [-0.2, -0.15) is 22.0 Å². The summed E-state index contributed by atoms with van der Waals surface area (Å²) in [6.07, 6.45) is 12.5. The van der Waals surface area contributed by atoms with Gasteiger partial charge >= 0.3 is 24.0 Å². The molecule has 0 aromatic carbocycles. The molecule has 0 radical (unpaired) electrons.